The van der Waals surface area contributed by atoms with Crippen molar-refractivity contribution in [2.75, 3.05) is 11.9 Å². The number of amides is 1. The number of anilines is 1. The molecule has 0 saturated carbocycles. The molecule has 3 nitrogen and oxygen atoms in total. The molecule has 0 saturated heterocycles. The van der Waals surface area contributed by atoms with Crippen LogP contribution in [-0.4, -0.2) is 12.5 Å². The van der Waals surface area contributed by atoms with Gasteiger partial charge in [-0.2, -0.15) is 0 Å². The summed E-state index contributed by atoms with van der Waals surface area (Å²) in [5.41, 5.74) is 7.46. The largest absolute Gasteiger partial charge is 0.330 e. The van der Waals surface area contributed by atoms with Crippen molar-refractivity contribution in [3.63, 3.8) is 0 Å². The topological polar surface area (TPSA) is 55.1 Å². The van der Waals surface area contributed by atoms with Crippen LogP contribution in [0.4, 0.5) is 5.69 Å². The number of carbonyl (C=O) groups excluding carboxylic acids is 1. The number of nitrogens with two attached hydrogens (primary N) is 1. The van der Waals surface area contributed by atoms with E-state index in [1.165, 1.54) is 0 Å². The Labute approximate surface area is 116 Å². The van der Waals surface area contributed by atoms with Gasteiger partial charge in [-0.15, -0.1) is 0 Å². The second-order valence-corrected chi connectivity index (χ2v) is 5.40. The molecule has 1 amide bonds. The van der Waals surface area contributed by atoms with Crippen LogP contribution >= 0.6 is 22.6 Å². The van der Waals surface area contributed by atoms with Crippen LogP contribution in [0.3, 0.4) is 0 Å². The normalized spacial score (nSPS) is 12.2. The van der Waals surface area contributed by atoms with Crippen molar-refractivity contribution in [3.05, 3.63) is 27.3 Å². The van der Waals surface area contributed by atoms with Crippen molar-refractivity contribution in [1.82, 2.24) is 0 Å². The Bertz CT molecular complexity index is 393. The summed E-state index contributed by atoms with van der Waals surface area (Å²) in [4.78, 5) is 11.9. The standard InChI is InChI=1S/C13H19IN2O/c1-9(5-4-8-15)13(17)16-12-7-3-6-11(14)10(12)2/h3,6-7,9H,4-5,8,15H2,1-2H3,(H,16,17). The fourth-order valence-corrected chi connectivity index (χ4v) is 2.05. The number of nitrogens with one attached hydrogen (secondary N) is 1. The molecule has 0 aromatic heterocycles. The van der Waals surface area contributed by atoms with Crippen LogP contribution in [0.5, 0.6) is 0 Å². The maximum atomic E-state index is 11.9. The van der Waals surface area contributed by atoms with E-state index in [9.17, 15) is 4.79 Å². The number of hydrogen-bond acceptors (Lipinski definition) is 2. The van der Waals surface area contributed by atoms with Crippen molar-refractivity contribution in [1.29, 1.82) is 0 Å². The Morgan fingerprint density at radius 1 is 1.53 bits per heavy atom. The van der Waals surface area contributed by atoms with Gasteiger partial charge in [0.2, 0.25) is 5.91 Å². The van der Waals surface area contributed by atoms with Gasteiger partial charge < -0.3 is 11.1 Å². The van der Waals surface area contributed by atoms with E-state index in [0.717, 1.165) is 27.7 Å². The van der Waals surface area contributed by atoms with Gasteiger partial charge in [0, 0.05) is 15.2 Å². The highest BCUT2D eigenvalue weighted by atomic mass is 127. The molecule has 0 heterocycles. The third-order valence-corrected chi connectivity index (χ3v) is 3.98. The van der Waals surface area contributed by atoms with E-state index >= 15 is 0 Å². The highest BCUT2D eigenvalue weighted by molar-refractivity contribution is 14.1. The van der Waals surface area contributed by atoms with Crippen LogP contribution in [0.15, 0.2) is 18.2 Å². The fraction of sp³-hybridized carbons (Fsp3) is 0.462. The lowest BCUT2D eigenvalue weighted by Gasteiger charge is -2.14. The van der Waals surface area contributed by atoms with E-state index in [0.29, 0.717) is 6.54 Å². The Balaban J connectivity index is 2.64. The summed E-state index contributed by atoms with van der Waals surface area (Å²) in [6, 6.07) is 5.92. The third-order valence-electron chi connectivity index (χ3n) is 2.81. The zero-order valence-electron chi connectivity index (χ0n) is 10.3. The maximum Gasteiger partial charge on any atom is 0.227 e. The molecule has 0 fully saturated rings. The molecule has 1 aromatic rings. The molecule has 0 bridgehead atoms. The minimum absolute atomic E-state index is 0.0100. The van der Waals surface area contributed by atoms with Crippen LogP contribution in [0.25, 0.3) is 0 Å². The first kappa shape index (κ1) is 14.4. The molecule has 0 aliphatic rings. The second kappa shape index (κ2) is 6.96. The predicted octanol–water partition coefficient (Wildman–Crippen LogP) is 2.91. The van der Waals surface area contributed by atoms with E-state index in [-0.39, 0.29) is 11.8 Å². The van der Waals surface area contributed by atoms with E-state index in [2.05, 4.69) is 27.9 Å². The molecule has 0 radical (unpaired) electrons. The van der Waals surface area contributed by atoms with E-state index in [1.807, 2.05) is 32.0 Å². The third kappa shape index (κ3) is 4.27. The van der Waals surface area contributed by atoms with Gasteiger partial charge in [-0.25, -0.2) is 0 Å². The van der Waals surface area contributed by atoms with Crippen LogP contribution in [-0.2, 0) is 4.79 Å². The first-order valence-corrected chi connectivity index (χ1v) is 6.90. The molecule has 1 atom stereocenters. The number of benzene rings is 1. The Morgan fingerprint density at radius 3 is 2.88 bits per heavy atom. The quantitative estimate of drug-likeness (QED) is 0.806. The Kier molecular flexibility index (Phi) is 5.91. The summed E-state index contributed by atoms with van der Waals surface area (Å²) in [6.45, 7) is 4.59. The minimum atomic E-state index is 0.0100. The zero-order chi connectivity index (χ0) is 12.8. The lowest BCUT2D eigenvalue weighted by molar-refractivity contribution is -0.119. The van der Waals surface area contributed by atoms with Gasteiger partial charge in [-0.05, 0) is 66.6 Å². The van der Waals surface area contributed by atoms with Gasteiger partial charge in [0.1, 0.15) is 0 Å². The molecule has 1 rings (SSSR count). The number of rotatable bonds is 5. The Hall–Kier alpha value is -0.620. The van der Waals surface area contributed by atoms with Crippen LogP contribution in [0.2, 0.25) is 0 Å². The van der Waals surface area contributed by atoms with Gasteiger partial charge in [0.25, 0.3) is 0 Å². The smallest absolute Gasteiger partial charge is 0.227 e. The summed E-state index contributed by atoms with van der Waals surface area (Å²) < 4.78 is 1.16. The fourth-order valence-electron chi connectivity index (χ4n) is 1.55. The van der Waals surface area contributed by atoms with Crippen molar-refractivity contribution >= 4 is 34.2 Å². The lowest BCUT2D eigenvalue weighted by atomic mass is 10.0. The molecule has 1 aromatic carbocycles. The van der Waals surface area contributed by atoms with E-state index in [1.54, 1.807) is 0 Å². The molecule has 1 unspecified atom stereocenters. The maximum absolute atomic E-state index is 11.9. The van der Waals surface area contributed by atoms with Crippen molar-refractivity contribution in [2.24, 2.45) is 11.7 Å². The highest BCUT2D eigenvalue weighted by Gasteiger charge is 2.13. The first-order valence-electron chi connectivity index (χ1n) is 5.82. The van der Waals surface area contributed by atoms with Gasteiger partial charge in [0.05, 0.1) is 0 Å². The van der Waals surface area contributed by atoms with E-state index < -0.39 is 0 Å². The molecule has 0 aliphatic carbocycles. The molecule has 3 N–H and O–H groups in total. The summed E-state index contributed by atoms with van der Waals surface area (Å²) in [6.07, 6.45) is 1.73. The summed E-state index contributed by atoms with van der Waals surface area (Å²) in [5, 5.41) is 2.98. The van der Waals surface area contributed by atoms with Crippen molar-refractivity contribution in [2.45, 2.75) is 26.7 Å². The average Bonchev–Trinajstić information content (AvgIpc) is 2.31. The number of hydrogen-bond donors (Lipinski definition) is 2. The second-order valence-electron chi connectivity index (χ2n) is 4.23. The monoisotopic (exact) mass is 346 g/mol. The Morgan fingerprint density at radius 2 is 2.24 bits per heavy atom. The van der Waals surface area contributed by atoms with Crippen molar-refractivity contribution < 1.29 is 4.79 Å². The summed E-state index contributed by atoms with van der Waals surface area (Å²) >= 11 is 2.27. The molecule has 94 valence electrons. The van der Waals surface area contributed by atoms with Gasteiger partial charge in [-0.1, -0.05) is 13.0 Å². The summed E-state index contributed by atoms with van der Waals surface area (Å²) in [5.74, 6) is 0.0827. The molecule has 4 heteroatoms. The van der Waals surface area contributed by atoms with Gasteiger partial charge in [0.15, 0.2) is 0 Å². The molecule has 0 aliphatic heterocycles. The highest BCUT2D eigenvalue weighted by Crippen LogP contribution is 2.21. The molecule has 17 heavy (non-hydrogen) atoms. The minimum Gasteiger partial charge on any atom is -0.330 e. The van der Waals surface area contributed by atoms with Crippen LogP contribution < -0.4 is 11.1 Å². The SMILES string of the molecule is Cc1c(I)cccc1NC(=O)C(C)CCCN. The van der Waals surface area contributed by atoms with Crippen LogP contribution in [0, 0.1) is 16.4 Å². The molecule has 0 spiro atoms. The summed E-state index contributed by atoms with van der Waals surface area (Å²) in [7, 11) is 0. The van der Waals surface area contributed by atoms with Gasteiger partial charge >= 0.3 is 0 Å². The number of carbonyl (C=O) groups is 1. The molecular weight excluding hydrogens is 327 g/mol. The van der Waals surface area contributed by atoms with Crippen molar-refractivity contribution in [3.8, 4) is 0 Å². The lowest BCUT2D eigenvalue weighted by Crippen LogP contribution is -2.21. The predicted molar refractivity (Wildman–Crippen MR) is 80.0 cm³/mol. The van der Waals surface area contributed by atoms with Gasteiger partial charge in [-0.3, -0.25) is 4.79 Å². The average molecular weight is 346 g/mol. The van der Waals surface area contributed by atoms with Crippen LogP contribution in [0.1, 0.15) is 25.3 Å². The zero-order valence-corrected chi connectivity index (χ0v) is 12.5. The molecular formula is C13H19IN2O. The first-order chi connectivity index (χ1) is 8.06. The number of halogens is 1. The van der Waals surface area contributed by atoms with E-state index in [4.69, 9.17) is 5.73 Å².